The van der Waals surface area contributed by atoms with Crippen molar-refractivity contribution >= 4 is 29.1 Å². The van der Waals surface area contributed by atoms with Crippen LogP contribution in [0.4, 0.5) is 11.4 Å². The first-order valence-electron chi connectivity index (χ1n) is 9.71. The predicted octanol–water partition coefficient (Wildman–Crippen LogP) is 3.20. The minimum atomic E-state index is -0.393. The van der Waals surface area contributed by atoms with E-state index in [4.69, 9.17) is 0 Å². The summed E-state index contributed by atoms with van der Waals surface area (Å²) < 4.78 is 0. The van der Waals surface area contributed by atoms with Crippen LogP contribution in [0.5, 0.6) is 0 Å². The van der Waals surface area contributed by atoms with Crippen molar-refractivity contribution in [3.05, 3.63) is 59.7 Å². The van der Waals surface area contributed by atoms with E-state index in [1.54, 1.807) is 23.1 Å². The van der Waals surface area contributed by atoms with E-state index in [-0.39, 0.29) is 17.7 Å². The normalized spacial score (nSPS) is 18.1. The Morgan fingerprint density at radius 2 is 1.96 bits per heavy atom. The van der Waals surface area contributed by atoms with Crippen molar-refractivity contribution in [2.75, 3.05) is 17.2 Å². The van der Waals surface area contributed by atoms with Crippen molar-refractivity contribution < 1.29 is 14.4 Å². The molecule has 2 N–H and O–H groups in total. The average molecular weight is 377 g/mol. The molecule has 0 aromatic heterocycles. The van der Waals surface area contributed by atoms with Crippen LogP contribution in [0, 0.1) is 0 Å². The lowest BCUT2D eigenvalue weighted by Gasteiger charge is -2.20. The third-order valence-corrected chi connectivity index (χ3v) is 5.32. The highest BCUT2D eigenvalue weighted by atomic mass is 16.2. The Labute approximate surface area is 163 Å². The number of aryl methyl sites for hydroxylation is 1. The molecule has 0 saturated carbocycles. The summed E-state index contributed by atoms with van der Waals surface area (Å²) in [6.45, 7) is 0.590. The van der Waals surface area contributed by atoms with Gasteiger partial charge in [0.05, 0.1) is 11.3 Å². The predicted molar refractivity (Wildman–Crippen MR) is 107 cm³/mol. The van der Waals surface area contributed by atoms with Gasteiger partial charge < -0.3 is 15.5 Å². The van der Waals surface area contributed by atoms with Crippen LogP contribution in [0.3, 0.4) is 0 Å². The number of benzene rings is 2. The molecule has 0 aliphatic carbocycles. The molecule has 2 aromatic rings. The second-order valence-corrected chi connectivity index (χ2v) is 7.29. The number of hydrogen-bond acceptors (Lipinski definition) is 3. The van der Waals surface area contributed by atoms with Gasteiger partial charge >= 0.3 is 0 Å². The summed E-state index contributed by atoms with van der Waals surface area (Å²) in [5.41, 5.74) is 2.72. The summed E-state index contributed by atoms with van der Waals surface area (Å²) in [6, 6.07) is 14.7. The molecule has 6 nitrogen and oxygen atoms in total. The fraction of sp³-hybridized carbons (Fsp3) is 0.318. The maximum atomic E-state index is 12.9. The molecule has 0 radical (unpaired) electrons. The number of nitrogens with one attached hydrogen (secondary N) is 2. The van der Waals surface area contributed by atoms with Gasteiger partial charge in [-0.15, -0.1) is 0 Å². The third-order valence-electron chi connectivity index (χ3n) is 5.32. The molecule has 1 fully saturated rings. The summed E-state index contributed by atoms with van der Waals surface area (Å²) >= 11 is 0. The minimum absolute atomic E-state index is 0.0833. The maximum absolute atomic E-state index is 12.9. The van der Waals surface area contributed by atoms with Crippen LogP contribution in [-0.4, -0.2) is 35.2 Å². The van der Waals surface area contributed by atoms with Crippen LogP contribution in [0.25, 0.3) is 0 Å². The van der Waals surface area contributed by atoms with E-state index < -0.39 is 6.04 Å². The Balaban J connectivity index is 1.41. The van der Waals surface area contributed by atoms with E-state index in [0.29, 0.717) is 36.3 Å². The minimum Gasteiger partial charge on any atom is -0.327 e. The molecule has 2 heterocycles. The molecule has 28 heavy (non-hydrogen) atoms. The van der Waals surface area contributed by atoms with E-state index >= 15 is 0 Å². The molecule has 1 atom stereocenters. The van der Waals surface area contributed by atoms with Gasteiger partial charge in [0.2, 0.25) is 11.8 Å². The van der Waals surface area contributed by atoms with Crippen LogP contribution in [-0.2, 0) is 16.0 Å². The number of nitrogens with zero attached hydrogens (tertiary/aromatic N) is 1. The molecule has 2 aliphatic heterocycles. The lowest BCUT2D eigenvalue weighted by molar-refractivity contribution is -0.119. The Bertz CT molecular complexity index is 910. The Kier molecular flexibility index (Phi) is 5.10. The number of carbonyl (C=O) groups excluding carboxylic acids is 3. The lowest BCUT2D eigenvalue weighted by Crippen LogP contribution is -2.40. The van der Waals surface area contributed by atoms with E-state index in [0.717, 1.165) is 19.3 Å². The highest BCUT2D eigenvalue weighted by molar-refractivity contribution is 6.11. The van der Waals surface area contributed by atoms with Gasteiger partial charge in [0.1, 0.15) is 6.04 Å². The van der Waals surface area contributed by atoms with Crippen LogP contribution in [0.2, 0.25) is 0 Å². The van der Waals surface area contributed by atoms with Gasteiger partial charge in [-0.25, -0.2) is 0 Å². The third kappa shape index (κ3) is 3.76. The van der Waals surface area contributed by atoms with E-state index in [2.05, 4.69) is 22.8 Å². The summed E-state index contributed by atoms with van der Waals surface area (Å²) in [5.74, 6) is -0.377. The van der Waals surface area contributed by atoms with Crippen molar-refractivity contribution in [2.45, 2.75) is 38.1 Å². The van der Waals surface area contributed by atoms with Gasteiger partial charge in [-0.05, 0) is 49.4 Å². The van der Waals surface area contributed by atoms with E-state index in [1.807, 2.05) is 18.2 Å². The number of amides is 3. The van der Waals surface area contributed by atoms with Crippen LogP contribution < -0.4 is 10.6 Å². The first-order chi connectivity index (χ1) is 13.6. The average Bonchev–Trinajstić information content (AvgIpc) is 3.16. The second kappa shape index (κ2) is 7.84. The molecular formula is C22H23N3O3. The molecule has 6 heteroatoms. The van der Waals surface area contributed by atoms with E-state index in [1.165, 1.54) is 5.56 Å². The molecule has 144 valence electrons. The van der Waals surface area contributed by atoms with Gasteiger partial charge in [0.25, 0.3) is 5.91 Å². The maximum Gasteiger partial charge on any atom is 0.256 e. The van der Waals surface area contributed by atoms with Crippen molar-refractivity contribution in [3.63, 3.8) is 0 Å². The zero-order valence-electron chi connectivity index (χ0n) is 15.6. The molecule has 2 aliphatic rings. The van der Waals surface area contributed by atoms with E-state index in [9.17, 15) is 14.4 Å². The van der Waals surface area contributed by atoms with Crippen molar-refractivity contribution in [1.29, 1.82) is 0 Å². The quantitative estimate of drug-likeness (QED) is 0.840. The molecule has 3 amide bonds. The lowest BCUT2D eigenvalue weighted by atomic mass is 10.1. The zero-order valence-corrected chi connectivity index (χ0v) is 15.6. The molecule has 0 spiro atoms. The smallest absolute Gasteiger partial charge is 0.256 e. The van der Waals surface area contributed by atoms with Gasteiger partial charge in [-0.3, -0.25) is 14.4 Å². The van der Waals surface area contributed by atoms with Gasteiger partial charge in [0, 0.05) is 18.7 Å². The Morgan fingerprint density at radius 3 is 2.79 bits per heavy atom. The van der Waals surface area contributed by atoms with Crippen LogP contribution in [0.1, 0.15) is 41.6 Å². The molecule has 1 unspecified atom stereocenters. The number of carbonyl (C=O) groups is 3. The molecule has 1 saturated heterocycles. The first kappa shape index (κ1) is 18.2. The molecule has 4 rings (SSSR count). The zero-order chi connectivity index (χ0) is 19.5. The first-order valence-corrected chi connectivity index (χ1v) is 9.71. The topological polar surface area (TPSA) is 78.5 Å². The van der Waals surface area contributed by atoms with Crippen molar-refractivity contribution in [3.8, 4) is 0 Å². The number of rotatable bonds is 5. The van der Waals surface area contributed by atoms with Gasteiger partial charge in [-0.2, -0.15) is 0 Å². The highest BCUT2D eigenvalue weighted by Crippen LogP contribution is 2.30. The van der Waals surface area contributed by atoms with Crippen LogP contribution >= 0.6 is 0 Å². The second-order valence-electron chi connectivity index (χ2n) is 7.29. The Hall–Kier alpha value is -3.15. The fourth-order valence-corrected chi connectivity index (χ4v) is 3.88. The van der Waals surface area contributed by atoms with Crippen LogP contribution in [0.15, 0.2) is 48.5 Å². The highest BCUT2D eigenvalue weighted by Gasteiger charge is 2.38. The van der Waals surface area contributed by atoms with Gasteiger partial charge in [0.15, 0.2) is 0 Å². The fourth-order valence-electron chi connectivity index (χ4n) is 3.88. The molecule has 0 bridgehead atoms. The van der Waals surface area contributed by atoms with Crippen molar-refractivity contribution in [2.24, 2.45) is 0 Å². The summed E-state index contributed by atoms with van der Waals surface area (Å²) in [4.78, 5) is 39.1. The summed E-state index contributed by atoms with van der Waals surface area (Å²) in [5, 5.41) is 5.71. The number of hydrogen-bond donors (Lipinski definition) is 2. The Morgan fingerprint density at radius 1 is 1.14 bits per heavy atom. The monoisotopic (exact) mass is 377 g/mol. The standard InChI is InChI=1S/C22H23N3O3/c26-20(10-4-8-15-6-2-1-3-7-15)23-16-11-12-18-17(14-16)22(28)25-13-5-9-19(25)21(27)24-18/h1-3,6-7,11-12,14,19H,4-5,8-10,13H2,(H,23,26)(H,24,27). The number of anilines is 2. The van der Waals surface area contributed by atoms with Crippen molar-refractivity contribution in [1.82, 2.24) is 4.90 Å². The molecule has 2 aromatic carbocycles. The number of fused-ring (bicyclic) bond motifs is 2. The largest absolute Gasteiger partial charge is 0.327 e. The molecular weight excluding hydrogens is 354 g/mol. The summed E-state index contributed by atoms with van der Waals surface area (Å²) in [6.07, 6.45) is 3.53. The SMILES string of the molecule is O=C(CCCc1ccccc1)Nc1ccc2c(c1)C(=O)N1CCCC1C(=O)N2. The van der Waals surface area contributed by atoms with Gasteiger partial charge in [-0.1, -0.05) is 30.3 Å². The summed E-state index contributed by atoms with van der Waals surface area (Å²) in [7, 11) is 0.